The van der Waals surface area contributed by atoms with Gasteiger partial charge in [-0.25, -0.2) is 4.98 Å². The van der Waals surface area contributed by atoms with E-state index in [-0.39, 0.29) is 0 Å². The summed E-state index contributed by atoms with van der Waals surface area (Å²) in [7, 11) is 0. The zero-order chi connectivity index (χ0) is 11.5. The molecule has 16 heavy (non-hydrogen) atoms. The highest BCUT2D eigenvalue weighted by atomic mass is 15.0. The van der Waals surface area contributed by atoms with E-state index in [0.29, 0.717) is 0 Å². The van der Waals surface area contributed by atoms with Crippen LogP contribution < -0.4 is 0 Å². The molecule has 0 amide bonds. The smallest absolute Gasteiger partial charge is 0.0949 e. The highest BCUT2D eigenvalue weighted by Gasteiger charge is 2.05. The van der Waals surface area contributed by atoms with E-state index in [9.17, 15) is 0 Å². The van der Waals surface area contributed by atoms with Gasteiger partial charge in [-0.15, -0.1) is 0 Å². The standard InChI is InChI=1S/C14H18N2/c1-4-16-9-13(15-10-16)8-14-11(2)6-5-7-12(14)3/h5-7,9-10H,4,8H2,1-3H3. The Balaban J connectivity index is 2.26. The minimum Gasteiger partial charge on any atom is -0.337 e. The van der Waals surface area contributed by atoms with Crippen molar-refractivity contribution in [3.8, 4) is 0 Å². The molecule has 1 heterocycles. The zero-order valence-corrected chi connectivity index (χ0v) is 10.2. The first-order valence-corrected chi connectivity index (χ1v) is 5.76. The SMILES string of the molecule is CCn1cnc(Cc2c(C)cccc2C)c1. The summed E-state index contributed by atoms with van der Waals surface area (Å²) in [5.41, 5.74) is 5.26. The fraction of sp³-hybridized carbons (Fsp3) is 0.357. The largest absolute Gasteiger partial charge is 0.337 e. The molecule has 84 valence electrons. The van der Waals surface area contributed by atoms with Gasteiger partial charge in [0.05, 0.1) is 12.0 Å². The van der Waals surface area contributed by atoms with E-state index in [1.807, 2.05) is 6.33 Å². The maximum absolute atomic E-state index is 4.43. The third-order valence-corrected chi connectivity index (χ3v) is 3.05. The molecule has 0 radical (unpaired) electrons. The van der Waals surface area contributed by atoms with Crippen molar-refractivity contribution in [2.24, 2.45) is 0 Å². The Kier molecular flexibility index (Phi) is 3.09. The Morgan fingerprint density at radius 2 is 1.88 bits per heavy atom. The molecular weight excluding hydrogens is 196 g/mol. The summed E-state index contributed by atoms with van der Waals surface area (Å²) >= 11 is 0. The molecule has 2 nitrogen and oxygen atoms in total. The number of imidazole rings is 1. The first-order chi connectivity index (χ1) is 7.70. The van der Waals surface area contributed by atoms with Gasteiger partial charge in [0.15, 0.2) is 0 Å². The molecule has 0 saturated carbocycles. The van der Waals surface area contributed by atoms with E-state index in [1.54, 1.807) is 0 Å². The van der Waals surface area contributed by atoms with Gasteiger partial charge >= 0.3 is 0 Å². The van der Waals surface area contributed by atoms with Gasteiger partial charge in [0, 0.05) is 19.2 Å². The van der Waals surface area contributed by atoms with Crippen molar-refractivity contribution in [2.45, 2.75) is 33.7 Å². The van der Waals surface area contributed by atoms with Crippen LogP contribution in [0.1, 0.15) is 29.3 Å². The number of nitrogens with zero attached hydrogens (tertiary/aromatic N) is 2. The lowest BCUT2D eigenvalue weighted by Crippen LogP contribution is -1.95. The summed E-state index contributed by atoms with van der Waals surface area (Å²) in [5.74, 6) is 0. The third kappa shape index (κ3) is 2.16. The van der Waals surface area contributed by atoms with Gasteiger partial charge in [-0.05, 0) is 37.5 Å². The van der Waals surface area contributed by atoms with Gasteiger partial charge in [-0.3, -0.25) is 0 Å². The van der Waals surface area contributed by atoms with Crippen LogP contribution in [-0.2, 0) is 13.0 Å². The van der Waals surface area contributed by atoms with Crippen molar-refractivity contribution in [3.05, 3.63) is 53.1 Å². The van der Waals surface area contributed by atoms with Crippen molar-refractivity contribution in [2.75, 3.05) is 0 Å². The van der Waals surface area contributed by atoms with Crippen LogP contribution in [-0.4, -0.2) is 9.55 Å². The van der Waals surface area contributed by atoms with Gasteiger partial charge in [0.25, 0.3) is 0 Å². The topological polar surface area (TPSA) is 17.8 Å². The molecule has 0 aliphatic heterocycles. The molecule has 0 spiro atoms. The second kappa shape index (κ2) is 4.52. The zero-order valence-electron chi connectivity index (χ0n) is 10.2. The Morgan fingerprint density at radius 1 is 1.19 bits per heavy atom. The molecule has 0 aliphatic rings. The number of benzene rings is 1. The van der Waals surface area contributed by atoms with Crippen LogP contribution in [0.4, 0.5) is 0 Å². The van der Waals surface area contributed by atoms with E-state index in [4.69, 9.17) is 0 Å². The van der Waals surface area contributed by atoms with Gasteiger partial charge in [-0.2, -0.15) is 0 Å². The third-order valence-electron chi connectivity index (χ3n) is 3.05. The number of rotatable bonds is 3. The highest BCUT2D eigenvalue weighted by Crippen LogP contribution is 2.16. The lowest BCUT2D eigenvalue weighted by molar-refractivity contribution is 0.760. The molecule has 2 heteroatoms. The van der Waals surface area contributed by atoms with Crippen molar-refractivity contribution >= 4 is 0 Å². The number of hydrogen-bond acceptors (Lipinski definition) is 1. The van der Waals surface area contributed by atoms with Crippen LogP contribution >= 0.6 is 0 Å². The molecule has 2 rings (SSSR count). The Morgan fingerprint density at radius 3 is 2.44 bits per heavy atom. The van der Waals surface area contributed by atoms with E-state index < -0.39 is 0 Å². The second-order valence-electron chi connectivity index (χ2n) is 4.24. The molecule has 2 aromatic rings. The van der Waals surface area contributed by atoms with E-state index in [1.165, 1.54) is 16.7 Å². The molecule has 1 aromatic carbocycles. The number of hydrogen-bond donors (Lipinski definition) is 0. The summed E-state index contributed by atoms with van der Waals surface area (Å²) in [6, 6.07) is 6.44. The van der Waals surface area contributed by atoms with Gasteiger partial charge in [-0.1, -0.05) is 18.2 Å². The minimum atomic E-state index is 0.936. The van der Waals surface area contributed by atoms with E-state index >= 15 is 0 Å². The average molecular weight is 214 g/mol. The predicted octanol–water partition coefficient (Wildman–Crippen LogP) is 3.11. The fourth-order valence-electron chi connectivity index (χ4n) is 1.98. The van der Waals surface area contributed by atoms with E-state index in [2.05, 4.69) is 54.7 Å². The summed E-state index contributed by atoms with van der Waals surface area (Å²) < 4.78 is 2.11. The summed E-state index contributed by atoms with van der Waals surface area (Å²) in [5, 5.41) is 0. The molecule has 0 bridgehead atoms. The average Bonchev–Trinajstić information content (AvgIpc) is 2.71. The van der Waals surface area contributed by atoms with Crippen LogP contribution in [0.2, 0.25) is 0 Å². The lowest BCUT2D eigenvalue weighted by Gasteiger charge is -2.07. The van der Waals surface area contributed by atoms with E-state index in [0.717, 1.165) is 18.7 Å². The van der Waals surface area contributed by atoms with Crippen molar-refractivity contribution < 1.29 is 0 Å². The minimum absolute atomic E-state index is 0.936. The van der Waals surface area contributed by atoms with Gasteiger partial charge in [0.1, 0.15) is 0 Å². The second-order valence-corrected chi connectivity index (χ2v) is 4.24. The Hall–Kier alpha value is -1.57. The van der Waals surface area contributed by atoms with Gasteiger partial charge in [0.2, 0.25) is 0 Å². The maximum Gasteiger partial charge on any atom is 0.0949 e. The normalized spacial score (nSPS) is 10.7. The fourth-order valence-corrected chi connectivity index (χ4v) is 1.98. The molecule has 1 aromatic heterocycles. The Labute approximate surface area is 97.0 Å². The first kappa shape index (κ1) is 10.9. The highest BCUT2D eigenvalue weighted by molar-refractivity contribution is 5.36. The van der Waals surface area contributed by atoms with Crippen LogP contribution in [0.25, 0.3) is 0 Å². The molecule has 0 fully saturated rings. The molecule has 0 atom stereocenters. The molecule has 0 N–H and O–H groups in total. The summed E-state index contributed by atoms with van der Waals surface area (Å²) in [6.45, 7) is 7.45. The van der Waals surface area contributed by atoms with Crippen LogP contribution in [0.3, 0.4) is 0 Å². The molecule has 0 aliphatic carbocycles. The summed E-state index contributed by atoms with van der Waals surface area (Å²) in [6.07, 6.45) is 4.97. The first-order valence-electron chi connectivity index (χ1n) is 5.76. The Bertz CT molecular complexity index is 463. The maximum atomic E-state index is 4.43. The van der Waals surface area contributed by atoms with Gasteiger partial charge < -0.3 is 4.57 Å². The van der Waals surface area contributed by atoms with Crippen LogP contribution in [0, 0.1) is 13.8 Å². The molecule has 0 saturated heterocycles. The van der Waals surface area contributed by atoms with Crippen molar-refractivity contribution in [1.82, 2.24) is 9.55 Å². The lowest BCUT2D eigenvalue weighted by atomic mass is 9.99. The van der Waals surface area contributed by atoms with Crippen molar-refractivity contribution in [1.29, 1.82) is 0 Å². The van der Waals surface area contributed by atoms with Crippen molar-refractivity contribution in [3.63, 3.8) is 0 Å². The number of aryl methyl sites for hydroxylation is 3. The molecule has 0 unspecified atom stereocenters. The number of aromatic nitrogens is 2. The monoisotopic (exact) mass is 214 g/mol. The summed E-state index contributed by atoms with van der Waals surface area (Å²) in [4.78, 5) is 4.43. The van der Waals surface area contributed by atoms with Crippen LogP contribution in [0.5, 0.6) is 0 Å². The molecular formula is C14H18N2. The predicted molar refractivity (Wildman–Crippen MR) is 66.6 cm³/mol. The quantitative estimate of drug-likeness (QED) is 0.767. The van der Waals surface area contributed by atoms with Crippen LogP contribution in [0.15, 0.2) is 30.7 Å².